The Kier molecular flexibility index (Phi) is 3.68. The second-order valence-corrected chi connectivity index (χ2v) is 9.83. The van der Waals surface area contributed by atoms with Gasteiger partial charge in [-0.2, -0.15) is 0 Å². The Morgan fingerprint density at radius 1 is 1.29 bits per heavy atom. The third-order valence-electron chi connectivity index (χ3n) is 4.78. The van der Waals surface area contributed by atoms with Crippen molar-refractivity contribution in [1.29, 1.82) is 0 Å². The molecule has 2 nitrogen and oxygen atoms in total. The molecule has 0 aliphatic heterocycles. The molecule has 2 rings (SSSR count). The molecule has 0 aromatic carbocycles. The van der Waals surface area contributed by atoms with Gasteiger partial charge in [-0.3, -0.25) is 4.79 Å². The summed E-state index contributed by atoms with van der Waals surface area (Å²) < 4.78 is -0.180. The maximum atomic E-state index is 12.3. The van der Waals surface area contributed by atoms with Gasteiger partial charge < -0.3 is 5.32 Å². The van der Waals surface area contributed by atoms with Gasteiger partial charge in [0.05, 0.1) is 8.65 Å². The molecule has 0 bridgehead atoms. The van der Waals surface area contributed by atoms with Gasteiger partial charge in [0.2, 0.25) is 5.91 Å². The summed E-state index contributed by atoms with van der Waals surface area (Å²) in [4.78, 5) is 12.3. The fourth-order valence-electron chi connectivity index (χ4n) is 2.76. The van der Waals surface area contributed by atoms with Crippen molar-refractivity contribution >= 4 is 37.8 Å². The lowest BCUT2D eigenvalue weighted by molar-refractivity contribution is -0.127. The predicted octanol–water partition coefficient (Wildman–Crippen LogP) is 3.82. The summed E-state index contributed by atoms with van der Waals surface area (Å²) in [5.74, 6) is 1.51. The highest BCUT2D eigenvalue weighted by Gasteiger charge is 2.66. The number of hydrogen-bond acceptors (Lipinski definition) is 1. The maximum Gasteiger partial charge on any atom is 0.228 e. The number of hydrogen-bond donors (Lipinski definition) is 1. The van der Waals surface area contributed by atoms with E-state index in [1.54, 1.807) is 0 Å². The first-order valence-electron chi connectivity index (χ1n) is 6.47. The zero-order valence-electron chi connectivity index (χ0n) is 10.7. The Bertz CT molecular complexity index is 331. The Hall–Kier alpha value is 0.430. The molecular weight excluding hydrogens is 346 g/mol. The van der Waals surface area contributed by atoms with Crippen LogP contribution < -0.4 is 5.32 Å². The minimum absolute atomic E-state index is 0.180. The molecule has 2 fully saturated rings. The molecule has 2 aliphatic rings. The molecular formula is C13H21Br2NO. The van der Waals surface area contributed by atoms with E-state index in [1.807, 2.05) is 6.92 Å². The largest absolute Gasteiger partial charge is 0.353 e. The summed E-state index contributed by atoms with van der Waals surface area (Å²) in [6, 6.07) is 0.361. The monoisotopic (exact) mass is 365 g/mol. The quantitative estimate of drug-likeness (QED) is 0.739. The van der Waals surface area contributed by atoms with Gasteiger partial charge in [-0.15, -0.1) is 0 Å². The minimum atomic E-state index is -0.284. The second-order valence-electron chi connectivity index (χ2n) is 6.06. The molecule has 0 unspecified atom stereocenters. The van der Waals surface area contributed by atoms with Crippen molar-refractivity contribution in [3.05, 3.63) is 0 Å². The number of alkyl halides is 2. The Morgan fingerprint density at radius 2 is 1.88 bits per heavy atom. The average Bonchev–Trinajstić information content (AvgIpc) is 2.75. The summed E-state index contributed by atoms with van der Waals surface area (Å²) in [5.41, 5.74) is -0.284. The molecule has 0 spiro atoms. The number of halogens is 2. The van der Waals surface area contributed by atoms with E-state index < -0.39 is 0 Å². The van der Waals surface area contributed by atoms with Crippen LogP contribution in [-0.4, -0.2) is 15.2 Å². The van der Waals surface area contributed by atoms with E-state index in [0.29, 0.717) is 12.0 Å². The lowest BCUT2D eigenvalue weighted by atomic mass is 9.78. The molecule has 1 amide bonds. The Balaban J connectivity index is 1.95. The lowest BCUT2D eigenvalue weighted by Gasteiger charge is -2.35. The van der Waals surface area contributed by atoms with Crippen molar-refractivity contribution in [3.63, 3.8) is 0 Å². The second kappa shape index (κ2) is 4.52. The van der Waals surface area contributed by atoms with Crippen LogP contribution >= 0.6 is 31.9 Å². The van der Waals surface area contributed by atoms with Crippen LogP contribution in [0.5, 0.6) is 0 Å². The first-order chi connectivity index (χ1) is 7.78. The number of amides is 1. The number of nitrogens with one attached hydrogen (secondary N) is 1. The molecule has 2 aliphatic carbocycles. The first-order valence-corrected chi connectivity index (χ1v) is 8.05. The molecule has 0 saturated heterocycles. The summed E-state index contributed by atoms with van der Waals surface area (Å²) >= 11 is 7.11. The van der Waals surface area contributed by atoms with E-state index in [1.165, 1.54) is 12.8 Å². The smallest absolute Gasteiger partial charge is 0.228 e. The Morgan fingerprint density at radius 3 is 2.41 bits per heavy atom. The van der Waals surface area contributed by atoms with Crippen molar-refractivity contribution in [3.8, 4) is 0 Å². The third kappa shape index (κ3) is 2.44. The van der Waals surface area contributed by atoms with Crippen LogP contribution in [0.4, 0.5) is 0 Å². The van der Waals surface area contributed by atoms with Crippen LogP contribution in [0.3, 0.4) is 0 Å². The van der Waals surface area contributed by atoms with Gasteiger partial charge in [0.15, 0.2) is 0 Å². The van der Waals surface area contributed by atoms with Gasteiger partial charge in [0, 0.05) is 6.04 Å². The van der Waals surface area contributed by atoms with Gasteiger partial charge >= 0.3 is 0 Å². The third-order valence-corrected chi connectivity index (χ3v) is 7.09. The molecule has 0 heterocycles. The molecule has 4 heteroatoms. The highest BCUT2D eigenvalue weighted by atomic mass is 79.9. The zero-order chi connectivity index (χ0) is 12.8. The highest BCUT2D eigenvalue weighted by molar-refractivity contribution is 9.25. The normalized spacial score (nSPS) is 44.2. The van der Waals surface area contributed by atoms with Gasteiger partial charge in [-0.25, -0.2) is 0 Å². The molecule has 4 atom stereocenters. The SMILES string of the molecule is C[C@H]1[C@H](C)CCC[C@@H]1NC(=O)[C@]1(C)CC1(Br)Br. The van der Waals surface area contributed by atoms with Gasteiger partial charge in [-0.05, 0) is 31.6 Å². The predicted molar refractivity (Wildman–Crippen MR) is 77.4 cm³/mol. The van der Waals surface area contributed by atoms with Crippen molar-refractivity contribution in [2.24, 2.45) is 17.3 Å². The Labute approximate surface area is 121 Å². The van der Waals surface area contributed by atoms with Crippen molar-refractivity contribution in [2.45, 2.75) is 55.7 Å². The highest BCUT2D eigenvalue weighted by Crippen LogP contribution is 2.66. The van der Waals surface area contributed by atoms with Crippen LogP contribution in [0.15, 0.2) is 0 Å². The number of rotatable bonds is 2. The van der Waals surface area contributed by atoms with E-state index in [2.05, 4.69) is 51.0 Å². The van der Waals surface area contributed by atoms with Gasteiger partial charge in [0.1, 0.15) is 0 Å². The molecule has 17 heavy (non-hydrogen) atoms. The lowest BCUT2D eigenvalue weighted by Crippen LogP contribution is -2.46. The average molecular weight is 367 g/mol. The van der Waals surface area contributed by atoms with Crippen molar-refractivity contribution < 1.29 is 4.79 Å². The van der Waals surface area contributed by atoms with Crippen LogP contribution in [0.1, 0.15) is 46.5 Å². The van der Waals surface area contributed by atoms with E-state index in [9.17, 15) is 4.79 Å². The van der Waals surface area contributed by atoms with Gasteiger partial charge in [0.25, 0.3) is 0 Å². The van der Waals surface area contributed by atoms with Gasteiger partial charge in [-0.1, -0.05) is 58.5 Å². The molecule has 0 aromatic heterocycles. The van der Waals surface area contributed by atoms with Crippen LogP contribution in [0.25, 0.3) is 0 Å². The molecule has 1 N–H and O–H groups in total. The van der Waals surface area contributed by atoms with Crippen molar-refractivity contribution in [2.75, 3.05) is 0 Å². The summed E-state index contributed by atoms with van der Waals surface area (Å²) in [6.45, 7) is 6.57. The summed E-state index contributed by atoms with van der Waals surface area (Å²) in [7, 11) is 0. The van der Waals surface area contributed by atoms with Crippen LogP contribution in [-0.2, 0) is 4.79 Å². The maximum absolute atomic E-state index is 12.3. The minimum Gasteiger partial charge on any atom is -0.353 e. The van der Waals surface area contributed by atoms with Crippen molar-refractivity contribution in [1.82, 2.24) is 5.32 Å². The number of carbonyl (C=O) groups excluding carboxylic acids is 1. The molecule has 0 aromatic rings. The fraction of sp³-hybridized carbons (Fsp3) is 0.923. The summed E-state index contributed by atoms with van der Waals surface area (Å²) in [6.07, 6.45) is 4.53. The summed E-state index contributed by atoms with van der Waals surface area (Å²) in [5, 5.41) is 3.26. The van der Waals surface area contributed by atoms with Crippen LogP contribution in [0.2, 0.25) is 0 Å². The molecule has 98 valence electrons. The van der Waals surface area contributed by atoms with E-state index >= 15 is 0 Å². The zero-order valence-corrected chi connectivity index (χ0v) is 13.9. The number of carbonyl (C=O) groups is 1. The van der Waals surface area contributed by atoms with E-state index in [-0.39, 0.29) is 14.6 Å². The molecule has 0 radical (unpaired) electrons. The van der Waals surface area contributed by atoms with Crippen LogP contribution in [0, 0.1) is 17.3 Å². The fourth-order valence-corrected chi connectivity index (χ4v) is 4.24. The van der Waals surface area contributed by atoms with E-state index in [0.717, 1.165) is 18.8 Å². The molecule has 2 saturated carbocycles. The first kappa shape index (κ1) is 13.9. The standard InChI is InChI=1S/C13H21Br2NO/c1-8-5-4-6-10(9(8)2)16-11(17)12(3)7-13(12,14)15/h8-10H,4-7H2,1-3H3,(H,16,17)/t8-,9+,10+,12+/m1/s1. The topological polar surface area (TPSA) is 29.1 Å². The van der Waals surface area contributed by atoms with E-state index in [4.69, 9.17) is 0 Å².